The predicted octanol–water partition coefficient (Wildman–Crippen LogP) is 1.11. The average Bonchev–Trinajstić information content (AvgIpc) is 2.37. The lowest BCUT2D eigenvalue weighted by Gasteiger charge is -2.31. The van der Waals surface area contributed by atoms with Gasteiger partial charge in [0.25, 0.3) is 0 Å². The van der Waals surface area contributed by atoms with Gasteiger partial charge in [-0.15, -0.1) is 12.4 Å². The molecule has 1 heterocycles. The minimum Gasteiger partial charge on any atom is -0.379 e. The number of amides is 1. The Morgan fingerprint density at radius 1 is 1.47 bits per heavy atom. The van der Waals surface area contributed by atoms with Crippen LogP contribution in [0, 0.1) is 0 Å². The third kappa shape index (κ3) is 7.11. The van der Waals surface area contributed by atoms with E-state index in [1.807, 2.05) is 6.92 Å². The molecule has 0 aromatic heterocycles. The van der Waals surface area contributed by atoms with Gasteiger partial charge in [0.2, 0.25) is 5.91 Å². The molecule has 6 heteroatoms. The highest BCUT2D eigenvalue weighted by molar-refractivity contribution is 5.85. The molecule has 19 heavy (non-hydrogen) atoms. The summed E-state index contributed by atoms with van der Waals surface area (Å²) >= 11 is 0. The van der Waals surface area contributed by atoms with Crippen LogP contribution in [0.4, 0.5) is 0 Å². The second-order valence-corrected chi connectivity index (χ2v) is 4.71. The normalized spacial score (nSPS) is 24.4. The number of ether oxygens (including phenoxy) is 2. The fourth-order valence-electron chi connectivity index (χ4n) is 2.05. The first kappa shape index (κ1) is 18.6. The van der Waals surface area contributed by atoms with Crippen molar-refractivity contribution in [1.82, 2.24) is 10.6 Å². The van der Waals surface area contributed by atoms with Crippen molar-refractivity contribution in [3.8, 4) is 0 Å². The highest BCUT2D eigenvalue weighted by Gasteiger charge is 2.24. The Hall–Kier alpha value is -0.360. The number of halogens is 1. The molecule has 1 aliphatic heterocycles. The Morgan fingerprint density at radius 2 is 2.21 bits per heavy atom. The summed E-state index contributed by atoms with van der Waals surface area (Å²) in [5, 5.41) is 6.40. The maximum absolute atomic E-state index is 11.9. The third-order valence-electron chi connectivity index (χ3n) is 3.26. The van der Waals surface area contributed by atoms with Crippen LogP contribution in [0.1, 0.15) is 33.6 Å². The molecule has 1 rings (SSSR count). The van der Waals surface area contributed by atoms with Gasteiger partial charge in [-0.1, -0.05) is 0 Å². The molecule has 0 aromatic carbocycles. The smallest absolute Gasteiger partial charge is 0.249 e. The molecule has 2 N–H and O–H groups in total. The van der Waals surface area contributed by atoms with Crippen molar-refractivity contribution in [1.29, 1.82) is 0 Å². The first-order chi connectivity index (χ1) is 8.65. The molecular formula is C13H27ClN2O3. The summed E-state index contributed by atoms with van der Waals surface area (Å²) < 4.78 is 10.6. The molecule has 3 unspecified atom stereocenters. The second-order valence-electron chi connectivity index (χ2n) is 4.71. The van der Waals surface area contributed by atoms with Crippen LogP contribution in [0.25, 0.3) is 0 Å². The number of hydrogen-bond acceptors (Lipinski definition) is 4. The zero-order valence-electron chi connectivity index (χ0n) is 12.1. The summed E-state index contributed by atoms with van der Waals surface area (Å²) in [7, 11) is 0. The Kier molecular flexibility index (Phi) is 10.2. The van der Waals surface area contributed by atoms with E-state index in [-0.39, 0.29) is 24.4 Å². The molecule has 1 fully saturated rings. The summed E-state index contributed by atoms with van der Waals surface area (Å²) in [5.41, 5.74) is 0. The number of piperidine rings is 1. The van der Waals surface area contributed by atoms with Crippen LogP contribution in [0.3, 0.4) is 0 Å². The number of rotatable bonds is 7. The van der Waals surface area contributed by atoms with Gasteiger partial charge in [0.15, 0.2) is 0 Å². The van der Waals surface area contributed by atoms with E-state index in [1.54, 1.807) is 6.92 Å². The number of nitrogens with one attached hydrogen (secondary N) is 2. The summed E-state index contributed by atoms with van der Waals surface area (Å²) in [5.74, 6) is -0.0351. The van der Waals surface area contributed by atoms with Gasteiger partial charge in [-0.25, -0.2) is 0 Å². The van der Waals surface area contributed by atoms with E-state index in [1.165, 1.54) is 0 Å². The maximum atomic E-state index is 11.9. The zero-order chi connectivity index (χ0) is 13.4. The number of carbonyl (C=O) groups is 1. The van der Waals surface area contributed by atoms with E-state index >= 15 is 0 Å². The van der Waals surface area contributed by atoms with Crippen LogP contribution < -0.4 is 10.6 Å². The second kappa shape index (κ2) is 10.4. The fraction of sp³-hybridized carbons (Fsp3) is 0.923. The summed E-state index contributed by atoms with van der Waals surface area (Å²) in [4.78, 5) is 11.9. The Labute approximate surface area is 122 Å². The van der Waals surface area contributed by atoms with E-state index in [0.717, 1.165) is 19.4 Å². The van der Waals surface area contributed by atoms with Crippen molar-refractivity contribution < 1.29 is 14.3 Å². The Morgan fingerprint density at radius 3 is 2.84 bits per heavy atom. The summed E-state index contributed by atoms with van der Waals surface area (Å²) in [6, 6.07) is 0.544. The van der Waals surface area contributed by atoms with Crippen molar-refractivity contribution in [3.05, 3.63) is 0 Å². The molecule has 1 amide bonds. The molecule has 0 saturated carbocycles. The van der Waals surface area contributed by atoms with E-state index in [4.69, 9.17) is 9.47 Å². The standard InChI is InChI=1S/C13H26N2O3.ClH/c1-4-17-8-9-18-11(3)13(16)15-12-6-5-7-14-10(12)2;/h10-12,14H,4-9H2,1-3H3,(H,15,16);1H. The molecule has 0 aromatic rings. The van der Waals surface area contributed by atoms with Crippen LogP contribution >= 0.6 is 12.4 Å². The van der Waals surface area contributed by atoms with Gasteiger partial charge >= 0.3 is 0 Å². The van der Waals surface area contributed by atoms with Gasteiger partial charge in [0.1, 0.15) is 6.10 Å². The van der Waals surface area contributed by atoms with Gasteiger partial charge in [0, 0.05) is 18.7 Å². The van der Waals surface area contributed by atoms with Gasteiger partial charge in [-0.2, -0.15) is 0 Å². The molecular weight excluding hydrogens is 268 g/mol. The number of hydrogen-bond donors (Lipinski definition) is 2. The zero-order valence-corrected chi connectivity index (χ0v) is 12.9. The monoisotopic (exact) mass is 294 g/mol. The first-order valence-electron chi connectivity index (χ1n) is 6.88. The molecule has 0 aliphatic carbocycles. The van der Waals surface area contributed by atoms with Gasteiger partial charge in [-0.05, 0) is 40.2 Å². The summed E-state index contributed by atoms with van der Waals surface area (Å²) in [6.07, 6.45) is 1.72. The molecule has 0 spiro atoms. The third-order valence-corrected chi connectivity index (χ3v) is 3.26. The molecule has 3 atom stereocenters. The molecule has 5 nitrogen and oxygen atoms in total. The van der Waals surface area contributed by atoms with Crippen molar-refractivity contribution in [2.75, 3.05) is 26.4 Å². The largest absolute Gasteiger partial charge is 0.379 e. The Bertz CT molecular complexity index is 254. The van der Waals surface area contributed by atoms with Crippen LogP contribution in [0.2, 0.25) is 0 Å². The molecule has 114 valence electrons. The van der Waals surface area contributed by atoms with Crippen molar-refractivity contribution >= 4 is 18.3 Å². The van der Waals surface area contributed by atoms with Gasteiger partial charge in [-0.3, -0.25) is 4.79 Å². The van der Waals surface area contributed by atoms with Crippen molar-refractivity contribution in [2.24, 2.45) is 0 Å². The van der Waals surface area contributed by atoms with Crippen molar-refractivity contribution in [2.45, 2.75) is 51.8 Å². The number of carbonyl (C=O) groups excluding carboxylic acids is 1. The van der Waals surface area contributed by atoms with Gasteiger partial charge < -0.3 is 20.1 Å². The average molecular weight is 295 g/mol. The SMILES string of the molecule is CCOCCOC(C)C(=O)NC1CCCNC1C.Cl. The predicted molar refractivity (Wildman–Crippen MR) is 77.8 cm³/mol. The lowest BCUT2D eigenvalue weighted by atomic mass is 10.00. The van der Waals surface area contributed by atoms with Crippen LogP contribution in [-0.4, -0.2) is 50.5 Å². The Balaban J connectivity index is 0.00000324. The van der Waals surface area contributed by atoms with Gasteiger partial charge in [0.05, 0.1) is 13.2 Å². The van der Waals surface area contributed by atoms with E-state index < -0.39 is 6.10 Å². The minimum absolute atomic E-state index is 0. The molecule has 0 bridgehead atoms. The van der Waals surface area contributed by atoms with Crippen LogP contribution in [0.15, 0.2) is 0 Å². The minimum atomic E-state index is -0.417. The first-order valence-corrected chi connectivity index (χ1v) is 6.88. The topological polar surface area (TPSA) is 59.6 Å². The van der Waals surface area contributed by atoms with Crippen molar-refractivity contribution in [3.63, 3.8) is 0 Å². The fourth-order valence-corrected chi connectivity index (χ4v) is 2.05. The van der Waals surface area contributed by atoms with E-state index in [2.05, 4.69) is 17.6 Å². The highest BCUT2D eigenvalue weighted by Crippen LogP contribution is 2.08. The highest BCUT2D eigenvalue weighted by atomic mass is 35.5. The lowest BCUT2D eigenvalue weighted by molar-refractivity contribution is -0.133. The molecule has 0 radical (unpaired) electrons. The van der Waals surface area contributed by atoms with E-state index in [0.29, 0.717) is 25.9 Å². The lowest BCUT2D eigenvalue weighted by Crippen LogP contribution is -2.53. The van der Waals surface area contributed by atoms with E-state index in [9.17, 15) is 4.79 Å². The molecule has 1 aliphatic rings. The quantitative estimate of drug-likeness (QED) is 0.691. The van der Waals surface area contributed by atoms with Crippen LogP contribution in [0.5, 0.6) is 0 Å². The summed E-state index contributed by atoms with van der Waals surface area (Å²) in [6.45, 7) is 8.53. The maximum Gasteiger partial charge on any atom is 0.249 e. The van der Waals surface area contributed by atoms with Crippen LogP contribution in [-0.2, 0) is 14.3 Å². The molecule has 1 saturated heterocycles.